The van der Waals surface area contributed by atoms with Gasteiger partial charge in [0.2, 0.25) is 17.7 Å². The second-order valence-corrected chi connectivity index (χ2v) is 11.6. The van der Waals surface area contributed by atoms with Crippen molar-refractivity contribution < 1.29 is 33.3 Å². The molecule has 1 aromatic carbocycles. The monoisotopic (exact) mass is 611 g/mol. The number of carbonyl (C=O) groups is 3. The van der Waals surface area contributed by atoms with Gasteiger partial charge in [-0.2, -0.15) is 0 Å². The molecule has 4 fully saturated rings. The summed E-state index contributed by atoms with van der Waals surface area (Å²) in [6.45, 7) is 4.41. The topological polar surface area (TPSA) is 141 Å². The number of amides is 3. The van der Waals surface area contributed by atoms with E-state index >= 15 is 0 Å². The summed E-state index contributed by atoms with van der Waals surface area (Å²) in [6, 6.07) is 8.02. The number of piperazine rings is 1. The Balaban J connectivity index is 1.22. The van der Waals surface area contributed by atoms with E-state index in [1.54, 1.807) is 20.7 Å². The number of hydrogen-bond acceptors (Lipinski definition) is 10. The molecule has 44 heavy (non-hydrogen) atoms. The van der Waals surface area contributed by atoms with Crippen LogP contribution < -0.4 is 10.1 Å². The number of rotatable bonds is 5. The van der Waals surface area contributed by atoms with Crippen LogP contribution in [-0.4, -0.2) is 138 Å². The maximum absolute atomic E-state index is 14.4. The average molecular weight is 612 g/mol. The second kappa shape index (κ2) is 14.5. The Morgan fingerprint density at radius 2 is 1.66 bits per heavy atom. The van der Waals surface area contributed by atoms with Gasteiger partial charge in [0, 0.05) is 58.4 Å². The highest BCUT2D eigenvalue weighted by molar-refractivity contribution is 5.93. The van der Waals surface area contributed by atoms with Crippen LogP contribution in [-0.2, 0) is 35.2 Å². The third kappa shape index (κ3) is 7.20. The number of para-hydroxylation sites is 1. The number of aromatic nitrogens is 3. The van der Waals surface area contributed by atoms with Gasteiger partial charge in [0.25, 0.3) is 0 Å². The molecule has 1 N–H and O–H groups in total. The number of nitrogens with one attached hydrogen (secondary N) is 1. The molecule has 0 bridgehead atoms. The standard InChI is InChI=1S/C30H41N7O7/c38-28-21-43-15-14-42-13-8-31-29(39)26-16-24(37-17-22(32-33-37)20-44-25-4-2-1-3-5-25)18-36(26)30(40)27-19-34(9-10-35(27)28)23-6-11-41-12-7-23/h1-5,17,23-24,26-27H,6-16,18-21H2,(H,31,39)/t24-,26-,27-/m0/s1. The minimum Gasteiger partial charge on any atom is -0.487 e. The van der Waals surface area contributed by atoms with Crippen molar-refractivity contribution in [1.29, 1.82) is 0 Å². The maximum atomic E-state index is 14.4. The van der Waals surface area contributed by atoms with Gasteiger partial charge in [-0.15, -0.1) is 5.10 Å². The summed E-state index contributed by atoms with van der Waals surface area (Å²) in [7, 11) is 0. The van der Waals surface area contributed by atoms with E-state index < -0.39 is 12.1 Å². The zero-order chi connectivity index (χ0) is 30.3. The second-order valence-electron chi connectivity index (χ2n) is 11.6. The van der Waals surface area contributed by atoms with Crippen LogP contribution in [0.2, 0.25) is 0 Å². The van der Waals surface area contributed by atoms with Gasteiger partial charge in [0.1, 0.15) is 36.7 Å². The smallest absolute Gasteiger partial charge is 0.249 e. The molecule has 14 heteroatoms. The fraction of sp³-hybridized carbons (Fsp3) is 0.633. The van der Waals surface area contributed by atoms with Crippen LogP contribution in [0.15, 0.2) is 36.5 Å². The highest BCUT2D eigenvalue weighted by atomic mass is 16.5. The van der Waals surface area contributed by atoms with Crippen molar-refractivity contribution in [3.8, 4) is 5.75 Å². The summed E-state index contributed by atoms with van der Waals surface area (Å²) in [4.78, 5) is 46.9. The van der Waals surface area contributed by atoms with Crippen LogP contribution in [0.25, 0.3) is 0 Å². The van der Waals surface area contributed by atoms with Gasteiger partial charge in [-0.1, -0.05) is 23.4 Å². The molecule has 14 nitrogen and oxygen atoms in total. The minimum atomic E-state index is -0.733. The Morgan fingerprint density at radius 3 is 2.50 bits per heavy atom. The molecule has 4 saturated heterocycles. The molecule has 3 amide bonds. The maximum Gasteiger partial charge on any atom is 0.249 e. The average Bonchev–Trinajstić information content (AvgIpc) is 3.73. The van der Waals surface area contributed by atoms with Gasteiger partial charge in [0.15, 0.2) is 0 Å². The van der Waals surface area contributed by atoms with E-state index in [-0.39, 0.29) is 56.2 Å². The molecule has 0 radical (unpaired) electrons. The number of carbonyl (C=O) groups excluding carboxylic acids is 3. The van der Waals surface area contributed by atoms with Crippen molar-refractivity contribution in [2.75, 3.05) is 72.4 Å². The molecule has 1 aromatic heterocycles. The Hall–Kier alpha value is -3.59. The summed E-state index contributed by atoms with van der Waals surface area (Å²) in [5.74, 6) is 0.00250. The van der Waals surface area contributed by atoms with Crippen molar-refractivity contribution in [3.63, 3.8) is 0 Å². The number of benzene rings is 1. The molecule has 0 unspecified atom stereocenters. The first kappa shape index (κ1) is 30.4. The Labute approximate surface area is 256 Å². The zero-order valence-corrected chi connectivity index (χ0v) is 24.9. The molecular formula is C30H41N7O7. The minimum absolute atomic E-state index is 0.125. The van der Waals surface area contributed by atoms with Gasteiger partial charge in [-0.3, -0.25) is 19.3 Å². The van der Waals surface area contributed by atoms with Gasteiger partial charge >= 0.3 is 0 Å². The van der Waals surface area contributed by atoms with Crippen LogP contribution >= 0.6 is 0 Å². The first-order chi connectivity index (χ1) is 21.6. The SMILES string of the molecule is O=C1NCCOCCOCC(=O)N2CCN(C3CCOCC3)C[C@H]2C(=O)N2C[C@@H](n3cc(COc4ccccc4)nn3)C[C@@H]12. The van der Waals surface area contributed by atoms with Crippen molar-refractivity contribution in [2.45, 2.75) is 50.0 Å². The van der Waals surface area contributed by atoms with Crippen molar-refractivity contribution >= 4 is 17.7 Å². The summed E-state index contributed by atoms with van der Waals surface area (Å²) in [5.41, 5.74) is 0.641. The number of nitrogens with zero attached hydrogens (tertiary/aromatic N) is 6. The molecule has 4 aliphatic rings. The highest BCUT2D eigenvalue weighted by Gasteiger charge is 2.46. The number of hydrogen-bond donors (Lipinski definition) is 1. The zero-order valence-electron chi connectivity index (χ0n) is 24.9. The molecule has 0 spiro atoms. The fourth-order valence-electron chi connectivity index (χ4n) is 6.44. The normalized spacial score (nSPS) is 26.8. The third-order valence-electron chi connectivity index (χ3n) is 8.79. The lowest BCUT2D eigenvalue weighted by molar-refractivity contribution is -0.155. The first-order valence-corrected chi connectivity index (χ1v) is 15.5. The van der Waals surface area contributed by atoms with Gasteiger partial charge in [-0.25, -0.2) is 4.68 Å². The van der Waals surface area contributed by atoms with E-state index in [9.17, 15) is 14.4 Å². The molecule has 238 valence electrons. The Morgan fingerprint density at radius 1 is 0.864 bits per heavy atom. The number of ether oxygens (including phenoxy) is 4. The third-order valence-corrected chi connectivity index (χ3v) is 8.79. The van der Waals surface area contributed by atoms with Crippen LogP contribution in [0.3, 0.4) is 0 Å². The summed E-state index contributed by atoms with van der Waals surface area (Å²) >= 11 is 0. The lowest BCUT2D eigenvalue weighted by Gasteiger charge is -2.45. The predicted molar refractivity (Wildman–Crippen MR) is 156 cm³/mol. The van der Waals surface area contributed by atoms with Crippen molar-refractivity contribution in [2.24, 2.45) is 0 Å². The van der Waals surface area contributed by atoms with E-state index in [1.165, 1.54) is 0 Å². The first-order valence-electron chi connectivity index (χ1n) is 15.5. The quantitative estimate of drug-likeness (QED) is 0.486. The Bertz CT molecular complexity index is 1270. The summed E-state index contributed by atoms with van der Waals surface area (Å²) in [5, 5.41) is 11.5. The summed E-state index contributed by atoms with van der Waals surface area (Å²) < 4.78 is 24.3. The predicted octanol–water partition coefficient (Wildman–Crippen LogP) is -0.146. The number of fused-ring (bicyclic) bond motifs is 2. The van der Waals surface area contributed by atoms with Crippen molar-refractivity contribution in [3.05, 3.63) is 42.2 Å². The lowest BCUT2D eigenvalue weighted by Crippen LogP contribution is -2.64. The fourth-order valence-corrected chi connectivity index (χ4v) is 6.44. The molecular weight excluding hydrogens is 570 g/mol. The van der Waals surface area contributed by atoms with Gasteiger partial charge in [0.05, 0.1) is 32.1 Å². The summed E-state index contributed by atoms with van der Waals surface area (Å²) in [6.07, 6.45) is 3.94. The van der Waals surface area contributed by atoms with E-state index in [4.69, 9.17) is 18.9 Å². The molecule has 0 aliphatic carbocycles. The van der Waals surface area contributed by atoms with E-state index in [1.807, 2.05) is 30.3 Å². The van der Waals surface area contributed by atoms with Gasteiger partial charge < -0.3 is 34.1 Å². The molecule has 5 heterocycles. The molecule has 3 atom stereocenters. The Kier molecular flexibility index (Phi) is 10.0. The van der Waals surface area contributed by atoms with E-state index in [0.717, 1.165) is 18.6 Å². The molecule has 2 aromatic rings. The highest BCUT2D eigenvalue weighted by Crippen LogP contribution is 2.30. The van der Waals surface area contributed by atoms with Crippen LogP contribution in [0, 0.1) is 0 Å². The van der Waals surface area contributed by atoms with Crippen LogP contribution in [0.4, 0.5) is 0 Å². The van der Waals surface area contributed by atoms with Crippen LogP contribution in [0.1, 0.15) is 31.0 Å². The molecule has 0 saturated carbocycles. The largest absolute Gasteiger partial charge is 0.487 e. The van der Waals surface area contributed by atoms with Gasteiger partial charge in [-0.05, 0) is 25.0 Å². The van der Waals surface area contributed by atoms with Crippen LogP contribution in [0.5, 0.6) is 5.75 Å². The van der Waals surface area contributed by atoms with Crippen molar-refractivity contribution in [1.82, 2.24) is 35.0 Å². The lowest BCUT2D eigenvalue weighted by atomic mass is 10.0. The molecule has 6 rings (SSSR count). The van der Waals surface area contributed by atoms with E-state index in [2.05, 4.69) is 20.5 Å². The van der Waals surface area contributed by atoms with E-state index in [0.29, 0.717) is 64.7 Å². The molecule has 4 aliphatic heterocycles.